The van der Waals surface area contributed by atoms with E-state index in [0.717, 1.165) is 11.1 Å². The maximum Gasteiger partial charge on any atom is 0.328 e. The van der Waals surface area contributed by atoms with Crippen molar-refractivity contribution in [3.63, 3.8) is 0 Å². The van der Waals surface area contributed by atoms with E-state index in [4.69, 9.17) is 14.2 Å². The number of rotatable bonds is 9. The van der Waals surface area contributed by atoms with Crippen LogP contribution in [0.1, 0.15) is 24.0 Å². The van der Waals surface area contributed by atoms with Gasteiger partial charge in [0.25, 0.3) is 0 Å². The molecule has 3 rings (SSSR count). The fraction of sp³-hybridized carbons (Fsp3) is 0.346. The molecule has 8 nitrogen and oxygen atoms in total. The Balaban J connectivity index is 1.61. The van der Waals surface area contributed by atoms with Gasteiger partial charge < -0.3 is 24.4 Å². The van der Waals surface area contributed by atoms with Gasteiger partial charge in [-0.15, -0.1) is 0 Å². The van der Waals surface area contributed by atoms with Crippen LogP contribution in [-0.2, 0) is 25.5 Å². The van der Waals surface area contributed by atoms with E-state index in [1.54, 1.807) is 26.4 Å². The zero-order valence-electron chi connectivity index (χ0n) is 19.7. The molecule has 1 fully saturated rings. The van der Waals surface area contributed by atoms with E-state index in [1.807, 2.05) is 42.5 Å². The van der Waals surface area contributed by atoms with Gasteiger partial charge >= 0.3 is 5.97 Å². The topological polar surface area (TPSA) is 94.2 Å². The van der Waals surface area contributed by atoms with Crippen LogP contribution in [-0.4, -0.2) is 62.6 Å². The predicted octanol–water partition coefficient (Wildman–Crippen LogP) is 2.61. The van der Waals surface area contributed by atoms with Crippen LogP contribution in [0.5, 0.6) is 11.5 Å². The molecule has 1 N–H and O–H groups in total. The first-order valence-electron chi connectivity index (χ1n) is 11.1. The van der Waals surface area contributed by atoms with E-state index < -0.39 is 12.0 Å². The molecule has 1 aliphatic heterocycles. The molecule has 34 heavy (non-hydrogen) atoms. The van der Waals surface area contributed by atoms with Crippen molar-refractivity contribution < 1.29 is 28.6 Å². The molecule has 8 heteroatoms. The summed E-state index contributed by atoms with van der Waals surface area (Å²) in [6.45, 7) is 0.245. The Kier molecular flexibility index (Phi) is 8.67. The second kappa shape index (κ2) is 11.9. The second-order valence-corrected chi connectivity index (χ2v) is 7.96. The highest BCUT2D eigenvalue weighted by molar-refractivity contribution is 5.92. The fourth-order valence-corrected chi connectivity index (χ4v) is 3.99. The molecule has 180 valence electrons. The molecule has 0 unspecified atom stereocenters. The Labute approximate surface area is 199 Å². The normalized spacial score (nSPS) is 17.4. The van der Waals surface area contributed by atoms with Crippen LogP contribution < -0.4 is 14.8 Å². The molecule has 0 radical (unpaired) electrons. The highest BCUT2D eigenvalue weighted by Gasteiger charge is 2.40. The van der Waals surface area contributed by atoms with Crippen molar-refractivity contribution in [1.29, 1.82) is 0 Å². The first-order chi connectivity index (χ1) is 16.4. The van der Waals surface area contributed by atoms with Gasteiger partial charge in [-0.2, -0.15) is 0 Å². The molecule has 2 aromatic carbocycles. The first-order valence-corrected chi connectivity index (χ1v) is 11.1. The van der Waals surface area contributed by atoms with Gasteiger partial charge in [0.1, 0.15) is 6.04 Å². The van der Waals surface area contributed by atoms with Gasteiger partial charge in [-0.05, 0) is 35.8 Å². The van der Waals surface area contributed by atoms with Crippen molar-refractivity contribution >= 4 is 23.9 Å². The molecular formula is C26H30N2O6. The van der Waals surface area contributed by atoms with Crippen molar-refractivity contribution in [3.8, 4) is 11.5 Å². The Morgan fingerprint density at radius 3 is 2.44 bits per heavy atom. The number of nitrogens with zero attached hydrogens (tertiary/aromatic N) is 1. The number of carbonyl (C=O) groups excluding carboxylic acids is 3. The van der Waals surface area contributed by atoms with E-state index in [-0.39, 0.29) is 30.8 Å². The van der Waals surface area contributed by atoms with Crippen LogP contribution in [0.15, 0.2) is 54.6 Å². The second-order valence-electron chi connectivity index (χ2n) is 7.96. The highest BCUT2D eigenvalue weighted by Crippen LogP contribution is 2.28. The SMILES string of the molecule is COC(=O)[C@@H]1C[C@H](NC(=O)/C=C/c2ccccc2)CN1C(=O)CCc1ccc(OC)c(OC)c1. The van der Waals surface area contributed by atoms with Crippen LogP contribution in [0.3, 0.4) is 0 Å². The Hall–Kier alpha value is -3.81. The third-order valence-electron chi connectivity index (χ3n) is 5.74. The molecule has 1 heterocycles. The maximum absolute atomic E-state index is 13.0. The van der Waals surface area contributed by atoms with Gasteiger partial charge in [0.2, 0.25) is 11.8 Å². The number of methoxy groups -OCH3 is 3. The van der Waals surface area contributed by atoms with E-state index in [0.29, 0.717) is 24.3 Å². The summed E-state index contributed by atoms with van der Waals surface area (Å²) in [4.78, 5) is 39.2. The van der Waals surface area contributed by atoms with E-state index in [1.165, 1.54) is 18.1 Å². The maximum atomic E-state index is 13.0. The van der Waals surface area contributed by atoms with E-state index in [2.05, 4.69) is 5.32 Å². The number of amides is 2. The van der Waals surface area contributed by atoms with Crippen molar-refractivity contribution in [2.75, 3.05) is 27.9 Å². The Morgan fingerprint density at radius 2 is 1.76 bits per heavy atom. The molecule has 0 aliphatic carbocycles. The molecule has 2 amide bonds. The van der Waals surface area contributed by atoms with E-state index >= 15 is 0 Å². The van der Waals surface area contributed by atoms with Crippen molar-refractivity contribution in [3.05, 3.63) is 65.7 Å². The predicted molar refractivity (Wildman–Crippen MR) is 127 cm³/mol. The monoisotopic (exact) mass is 466 g/mol. The van der Waals surface area contributed by atoms with Crippen LogP contribution >= 0.6 is 0 Å². The smallest absolute Gasteiger partial charge is 0.328 e. The lowest BCUT2D eigenvalue weighted by molar-refractivity contribution is -0.150. The highest BCUT2D eigenvalue weighted by atomic mass is 16.5. The number of likely N-dealkylation sites (tertiary alicyclic amines) is 1. The van der Waals surface area contributed by atoms with Crippen molar-refractivity contribution in [2.24, 2.45) is 0 Å². The molecule has 0 bridgehead atoms. The lowest BCUT2D eigenvalue weighted by Crippen LogP contribution is -2.42. The molecule has 0 aromatic heterocycles. The van der Waals surface area contributed by atoms with Gasteiger partial charge in [-0.1, -0.05) is 36.4 Å². The summed E-state index contributed by atoms with van der Waals surface area (Å²) in [5, 5.41) is 2.89. The summed E-state index contributed by atoms with van der Waals surface area (Å²) in [6, 6.07) is 13.9. The molecule has 0 saturated carbocycles. The molecule has 2 atom stereocenters. The zero-order valence-corrected chi connectivity index (χ0v) is 19.7. The number of esters is 1. The minimum atomic E-state index is -0.730. The lowest BCUT2D eigenvalue weighted by Gasteiger charge is -2.22. The Bertz CT molecular complexity index is 1040. The summed E-state index contributed by atoms with van der Waals surface area (Å²) in [5.74, 6) is 0.255. The van der Waals surface area contributed by atoms with Crippen LogP contribution in [0.4, 0.5) is 0 Å². The van der Waals surface area contributed by atoms with Gasteiger partial charge in [0, 0.05) is 31.5 Å². The van der Waals surface area contributed by atoms with E-state index in [9.17, 15) is 14.4 Å². The number of aryl methyl sites for hydroxylation is 1. The van der Waals surface area contributed by atoms with Crippen molar-refractivity contribution in [1.82, 2.24) is 10.2 Å². The summed E-state index contributed by atoms with van der Waals surface area (Å²) >= 11 is 0. The van der Waals surface area contributed by atoms with Crippen molar-refractivity contribution in [2.45, 2.75) is 31.3 Å². The lowest BCUT2D eigenvalue weighted by atomic mass is 10.1. The summed E-state index contributed by atoms with van der Waals surface area (Å²) in [6.07, 6.45) is 4.15. The fourth-order valence-electron chi connectivity index (χ4n) is 3.99. The van der Waals surface area contributed by atoms with Gasteiger partial charge in [0.15, 0.2) is 11.5 Å². The number of hydrogen-bond acceptors (Lipinski definition) is 6. The number of hydrogen-bond donors (Lipinski definition) is 1. The summed E-state index contributed by atoms with van der Waals surface area (Å²) < 4.78 is 15.5. The molecule has 1 aliphatic rings. The largest absolute Gasteiger partial charge is 0.493 e. The zero-order chi connectivity index (χ0) is 24.5. The Morgan fingerprint density at radius 1 is 1.03 bits per heavy atom. The minimum Gasteiger partial charge on any atom is -0.493 e. The number of benzene rings is 2. The standard InChI is InChI=1S/C26H30N2O6/c1-32-22-12-9-19(15-23(22)33-2)11-14-25(30)28-17-20(16-21(28)26(31)34-3)27-24(29)13-10-18-7-5-4-6-8-18/h4-10,12-13,15,20-21H,11,14,16-17H2,1-3H3,(H,27,29)/b13-10+/t20-,21-/m0/s1. The minimum absolute atomic E-state index is 0.179. The van der Waals surface area contributed by atoms with Gasteiger partial charge in [0.05, 0.1) is 21.3 Å². The molecule has 2 aromatic rings. The molecular weight excluding hydrogens is 436 g/mol. The average Bonchev–Trinajstić information content (AvgIpc) is 3.29. The first kappa shape index (κ1) is 24.8. The van der Waals surface area contributed by atoms with Crippen LogP contribution in [0, 0.1) is 0 Å². The summed E-state index contributed by atoms with van der Waals surface area (Å²) in [5.41, 5.74) is 1.82. The molecule has 1 saturated heterocycles. The van der Waals surface area contributed by atoms with Crippen LogP contribution in [0.25, 0.3) is 6.08 Å². The average molecular weight is 467 g/mol. The molecule has 0 spiro atoms. The quantitative estimate of drug-likeness (QED) is 0.451. The summed E-state index contributed by atoms with van der Waals surface area (Å²) in [7, 11) is 4.42. The van der Waals surface area contributed by atoms with Gasteiger partial charge in [-0.3, -0.25) is 9.59 Å². The number of carbonyl (C=O) groups is 3. The third-order valence-corrected chi connectivity index (χ3v) is 5.74. The third kappa shape index (κ3) is 6.37. The van der Waals surface area contributed by atoms with Gasteiger partial charge in [-0.25, -0.2) is 4.79 Å². The number of ether oxygens (including phenoxy) is 3. The van der Waals surface area contributed by atoms with Crippen LogP contribution in [0.2, 0.25) is 0 Å². The number of nitrogens with one attached hydrogen (secondary N) is 1.